The highest BCUT2D eigenvalue weighted by atomic mass is 16.5. The number of aryl methyl sites for hydroxylation is 1. The van der Waals surface area contributed by atoms with Gasteiger partial charge in [0.2, 0.25) is 0 Å². The maximum absolute atomic E-state index is 11.0. The summed E-state index contributed by atoms with van der Waals surface area (Å²) in [5.74, 6) is -0.111. The van der Waals surface area contributed by atoms with Gasteiger partial charge in [0.15, 0.2) is 0 Å². The van der Waals surface area contributed by atoms with Gasteiger partial charge in [0, 0.05) is 18.3 Å². The van der Waals surface area contributed by atoms with Crippen LogP contribution in [0.25, 0.3) is 0 Å². The zero-order valence-corrected chi connectivity index (χ0v) is 10.6. The summed E-state index contributed by atoms with van der Waals surface area (Å²) in [7, 11) is 0. The average Bonchev–Trinajstić information content (AvgIpc) is 2.96. The van der Waals surface area contributed by atoms with Gasteiger partial charge >= 0.3 is 5.97 Å². The van der Waals surface area contributed by atoms with Crippen LogP contribution in [0.4, 0.5) is 5.69 Å². The first kappa shape index (κ1) is 11.8. The highest BCUT2D eigenvalue weighted by molar-refractivity contribution is 5.89. The third-order valence-electron chi connectivity index (χ3n) is 3.35. The first-order valence-electron chi connectivity index (χ1n) is 6.17. The van der Waals surface area contributed by atoms with E-state index >= 15 is 0 Å². The second-order valence-corrected chi connectivity index (χ2v) is 4.75. The first-order valence-corrected chi connectivity index (χ1v) is 6.17. The van der Waals surface area contributed by atoms with E-state index in [1.165, 1.54) is 5.56 Å². The number of carboxylic acid groups (broad SMARTS) is 1. The Hall–Kier alpha value is -2.30. The van der Waals surface area contributed by atoms with Gasteiger partial charge in [-0.25, -0.2) is 4.79 Å². The molecule has 0 saturated carbocycles. The standard InChI is InChI=1S/C14H14N2O3/c1-9-6-12(15-19-9)8-16-5-4-10-2-3-11(14(17)18)7-13(10)16/h2-3,6-7H,4-5,8H2,1H3,(H,17,18). The van der Waals surface area contributed by atoms with Crippen LogP contribution >= 0.6 is 0 Å². The van der Waals surface area contributed by atoms with Gasteiger partial charge in [-0.15, -0.1) is 0 Å². The lowest BCUT2D eigenvalue weighted by Crippen LogP contribution is -2.20. The van der Waals surface area contributed by atoms with Crippen LogP contribution in [-0.2, 0) is 13.0 Å². The van der Waals surface area contributed by atoms with Gasteiger partial charge in [-0.2, -0.15) is 0 Å². The number of carbonyl (C=O) groups is 1. The molecule has 1 aliphatic heterocycles. The molecule has 0 radical (unpaired) electrons. The van der Waals surface area contributed by atoms with Crippen LogP contribution in [0.1, 0.15) is 27.4 Å². The number of rotatable bonds is 3. The molecular formula is C14H14N2O3. The molecule has 2 heterocycles. The van der Waals surface area contributed by atoms with Gasteiger partial charge in [0.1, 0.15) is 11.5 Å². The van der Waals surface area contributed by atoms with E-state index in [2.05, 4.69) is 10.1 Å². The van der Waals surface area contributed by atoms with Crippen molar-refractivity contribution in [3.8, 4) is 0 Å². The Bertz CT molecular complexity index is 633. The molecule has 98 valence electrons. The van der Waals surface area contributed by atoms with Gasteiger partial charge in [-0.3, -0.25) is 0 Å². The van der Waals surface area contributed by atoms with Crippen molar-refractivity contribution in [1.29, 1.82) is 0 Å². The highest BCUT2D eigenvalue weighted by Crippen LogP contribution is 2.30. The molecule has 0 spiro atoms. The van der Waals surface area contributed by atoms with E-state index in [4.69, 9.17) is 9.63 Å². The number of anilines is 1. The van der Waals surface area contributed by atoms with Crippen molar-refractivity contribution in [2.45, 2.75) is 19.9 Å². The predicted octanol–water partition coefficient (Wildman–Crippen LogP) is 2.24. The Morgan fingerprint density at radius 1 is 1.47 bits per heavy atom. The molecule has 0 fully saturated rings. The number of benzene rings is 1. The molecule has 1 aromatic carbocycles. The minimum absolute atomic E-state index is 0.321. The second-order valence-electron chi connectivity index (χ2n) is 4.75. The minimum Gasteiger partial charge on any atom is -0.478 e. The van der Waals surface area contributed by atoms with E-state index in [1.807, 2.05) is 19.1 Å². The van der Waals surface area contributed by atoms with E-state index in [1.54, 1.807) is 12.1 Å². The SMILES string of the molecule is Cc1cc(CN2CCc3ccc(C(=O)O)cc32)no1. The zero-order valence-electron chi connectivity index (χ0n) is 10.6. The fraction of sp³-hybridized carbons (Fsp3) is 0.286. The van der Waals surface area contributed by atoms with Crippen LogP contribution in [0.5, 0.6) is 0 Å². The molecule has 1 aromatic heterocycles. The highest BCUT2D eigenvalue weighted by Gasteiger charge is 2.21. The normalized spacial score (nSPS) is 13.6. The van der Waals surface area contributed by atoms with Crippen LogP contribution < -0.4 is 4.90 Å². The lowest BCUT2D eigenvalue weighted by atomic mass is 10.1. The van der Waals surface area contributed by atoms with Crippen molar-refractivity contribution in [3.05, 3.63) is 46.8 Å². The van der Waals surface area contributed by atoms with E-state index < -0.39 is 5.97 Å². The summed E-state index contributed by atoms with van der Waals surface area (Å²) < 4.78 is 5.05. The number of aromatic nitrogens is 1. The predicted molar refractivity (Wildman–Crippen MR) is 69.4 cm³/mol. The Morgan fingerprint density at radius 2 is 2.32 bits per heavy atom. The number of carboxylic acids is 1. The maximum atomic E-state index is 11.0. The topological polar surface area (TPSA) is 66.6 Å². The van der Waals surface area contributed by atoms with Gasteiger partial charge in [0.25, 0.3) is 0 Å². The number of aromatic carboxylic acids is 1. The number of nitrogens with zero attached hydrogens (tertiary/aromatic N) is 2. The molecule has 0 bridgehead atoms. The molecule has 19 heavy (non-hydrogen) atoms. The summed E-state index contributed by atoms with van der Waals surface area (Å²) in [5, 5.41) is 13.0. The monoisotopic (exact) mass is 258 g/mol. The maximum Gasteiger partial charge on any atom is 0.335 e. The van der Waals surface area contributed by atoms with Gasteiger partial charge in [-0.1, -0.05) is 11.2 Å². The van der Waals surface area contributed by atoms with Crippen LogP contribution in [0, 0.1) is 6.92 Å². The number of hydrogen-bond donors (Lipinski definition) is 1. The molecule has 5 heteroatoms. The molecular weight excluding hydrogens is 244 g/mol. The molecule has 0 aliphatic carbocycles. The molecule has 1 aliphatic rings. The van der Waals surface area contributed by atoms with E-state index in [9.17, 15) is 4.79 Å². The summed E-state index contributed by atoms with van der Waals surface area (Å²) in [4.78, 5) is 13.2. The summed E-state index contributed by atoms with van der Waals surface area (Å²) in [6.45, 7) is 3.38. The zero-order chi connectivity index (χ0) is 13.4. The van der Waals surface area contributed by atoms with Crippen molar-refractivity contribution in [3.63, 3.8) is 0 Å². The van der Waals surface area contributed by atoms with Crippen molar-refractivity contribution in [2.75, 3.05) is 11.4 Å². The minimum atomic E-state index is -0.896. The average molecular weight is 258 g/mol. The summed E-state index contributed by atoms with van der Waals surface area (Å²) >= 11 is 0. The summed E-state index contributed by atoms with van der Waals surface area (Å²) in [6, 6.07) is 7.19. The molecule has 2 aromatic rings. The Morgan fingerprint density at radius 3 is 3.00 bits per heavy atom. The smallest absolute Gasteiger partial charge is 0.335 e. The lowest BCUT2D eigenvalue weighted by molar-refractivity contribution is 0.0697. The van der Waals surface area contributed by atoms with Crippen LogP contribution in [0.15, 0.2) is 28.8 Å². The van der Waals surface area contributed by atoms with Crippen LogP contribution in [0.2, 0.25) is 0 Å². The third-order valence-corrected chi connectivity index (χ3v) is 3.35. The molecule has 0 atom stereocenters. The van der Waals surface area contributed by atoms with Gasteiger partial charge in [-0.05, 0) is 31.0 Å². The molecule has 1 N–H and O–H groups in total. The van der Waals surface area contributed by atoms with E-state index in [0.29, 0.717) is 12.1 Å². The van der Waals surface area contributed by atoms with Crippen molar-refractivity contribution in [1.82, 2.24) is 5.16 Å². The lowest BCUT2D eigenvalue weighted by Gasteiger charge is -2.17. The first-order chi connectivity index (χ1) is 9.13. The number of fused-ring (bicyclic) bond motifs is 1. The second kappa shape index (κ2) is 4.42. The molecule has 0 amide bonds. The van der Waals surface area contributed by atoms with Crippen LogP contribution in [0.3, 0.4) is 0 Å². The fourth-order valence-electron chi connectivity index (χ4n) is 2.43. The Kier molecular flexibility index (Phi) is 2.74. The summed E-state index contributed by atoms with van der Waals surface area (Å²) in [5.41, 5.74) is 3.36. The largest absolute Gasteiger partial charge is 0.478 e. The number of hydrogen-bond acceptors (Lipinski definition) is 4. The quantitative estimate of drug-likeness (QED) is 0.914. The van der Waals surface area contributed by atoms with Gasteiger partial charge < -0.3 is 14.5 Å². The Balaban J connectivity index is 1.88. The van der Waals surface area contributed by atoms with Crippen molar-refractivity contribution in [2.24, 2.45) is 0 Å². The van der Waals surface area contributed by atoms with E-state index in [-0.39, 0.29) is 0 Å². The molecule has 0 saturated heterocycles. The molecule has 0 unspecified atom stereocenters. The fourth-order valence-corrected chi connectivity index (χ4v) is 2.43. The van der Waals surface area contributed by atoms with Crippen molar-refractivity contribution >= 4 is 11.7 Å². The molecule has 5 nitrogen and oxygen atoms in total. The Labute approximate surface area is 110 Å². The van der Waals surface area contributed by atoms with E-state index in [0.717, 1.165) is 30.1 Å². The third kappa shape index (κ3) is 2.19. The summed E-state index contributed by atoms with van der Waals surface area (Å²) in [6.07, 6.45) is 0.937. The van der Waals surface area contributed by atoms with Crippen molar-refractivity contribution < 1.29 is 14.4 Å². The van der Waals surface area contributed by atoms with Gasteiger partial charge in [0.05, 0.1) is 12.1 Å². The van der Waals surface area contributed by atoms with Crippen LogP contribution in [-0.4, -0.2) is 22.8 Å². The molecule has 3 rings (SSSR count).